The maximum absolute atomic E-state index is 12.4. The number of benzene rings is 1. The Hall–Kier alpha value is -0.995. The Morgan fingerprint density at radius 1 is 1.00 bits per heavy atom. The third-order valence-electron chi connectivity index (χ3n) is 1.22. The van der Waals surface area contributed by atoms with Crippen LogP contribution in [0.3, 0.4) is 0 Å². The van der Waals surface area contributed by atoms with E-state index < -0.39 is 24.4 Å². The fourth-order valence-electron chi connectivity index (χ4n) is 0.719. The van der Waals surface area contributed by atoms with Crippen LogP contribution in [0.5, 0.6) is 0 Å². The van der Waals surface area contributed by atoms with Crippen LogP contribution in [0, 0.1) is 11.6 Å². The number of hydrogen-bond acceptors (Lipinski definition) is 0. The van der Waals surface area contributed by atoms with E-state index in [1.807, 2.05) is 0 Å². The average Bonchev–Trinajstić information content (AvgIpc) is 1.85. The molecule has 0 aliphatic carbocycles. The van der Waals surface area contributed by atoms with Gasteiger partial charge in [0.25, 0.3) is 0 Å². The van der Waals surface area contributed by atoms with Crippen molar-refractivity contribution in [1.82, 2.24) is 0 Å². The Morgan fingerprint density at radius 2 is 1.45 bits per heavy atom. The van der Waals surface area contributed by atoms with Crippen molar-refractivity contribution in [3.63, 3.8) is 0 Å². The molecule has 0 fully saturated rings. The van der Waals surface area contributed by atoms with Crippen LogP contribution in [0.1, 0.15) is 0 Å². The molecule has 0 bridgehead atoms. The lowest BCUT2D eigenvalue weighted by Crippen LogP contribution is -2.27. The molecule has 0 saturated carbocycles. The van der Waals surface area contributed by atoms with Gasteiger partial charge in [-0.2, -0.15) is 0 Å². The first kappa shape index (κ1) is 8.10. The van der Waals surface area contributed by atoms with Crippen molar-refractivity contribution in [2.45, 2.75) is 0 Å². The third kappa shape index (κ3) is 1.53. The lowest BCUT2D eigenvalue weighted by atomic mass is 9.85. The van der Waals surface area contributed by atoms with E-state index in [0.29, 0.717) is 0 Å². The summed E-state index contributed by atoms with van der Waals surface area (Å²) in [5.41, 5.74) is -1.16. The van der Waals surface area contributed by atoms with Crippen molar-refractivity contribution >= 4 is 12.7 Å². The molecule has 0 atom stereocenters. The maximum atomic E-state index is 12.4. The Bertz CT molecular complexity index is 241. The van der Waals surface area contributed by atoms with Crippen molar-refractivity contribution in [3.05, 3.63) is 29.8 Å². The van der Waals surface area contributed by atoms with Gasteiger partial charge in [0, 0.05) is 0 Å². The molecule has 1 aromatic carbocycles. The van der Waals surface area contributed by atoms with Crippen molar-refractivity contribution in [2.75, 3.05) is 0 Å². The van der Waals surface area contributed by atoms with Crippen molar-refractivity contribution in [3.8, 4) is 0 Å². The van der Waals surface area contributed by atoms with Crippen molar-refractivity contribution in [2.24, 2.45) is 0 Å². The van der Waals surface area contributed by atoms with Crippen molar-refractivity contribution in [1.29, 1.82) is 0 Å². The first-order chi connectivity index (χ1) is 5.13. The van der Waals surface area contributed by atoms with Crippen LogP contribution >= 0.6 is 0 Å². The zero-order valence-electron chi connectivity index (χ0n) is 5.32. The van der Waals surface area contributed by atoms with Gasteiger partial charge < -0.3 is 0 Å². The predicted octanol–water partition coefficient (Wildman–Crippen LogP) is 1.60. The summed E-state index contributed by atoms with van der Waals surface area (Å²) in [5.74, 6) is -2.42. The molecule has 1 rings (SSSR count). The molecule has 0 spiro atoms. The Kier molecular flexibility index (Phi) is 2.17. The monoisotopic (exact) mass is 162 g/mol. The summed E-state index contributed by atoms with van der Waals surface area (Å²) >= 11 is 0. The molecule has 1 aromatic rings. The highest BCUT2D eigenvalue weighted by atomic mass is 19.2. The van der Waals surface area contributed by atoms with Crippen LogP contribution in [0.2, 0.25) is 0 Å². The minimum Gasteiger partial charge on any atom is -0.281 e. The van der Waals surface area contributed by atoms with E-state index in [9.17, 15) is 17.4 Å². The Balaban J connectivity index is 3.21. The van der Waals surface area contributed by atoms with Crippen LogP contribution < -0.4 is 5.46 Å². The van der Waals surface area contributed by atoms with E-state index >= 15 is 0 Å². The van der Waals surface area contributed by atoms with Gasteiger partial charge in [-0.05, 0) is 12.1 Å². The van der Waals surface area contributed by atoms with E-state index in [0.717, 1.165) is 18.2 Å². The molecule has 5 heteroatoms. The van der Waals surface area contributed by atoms with E-state index in [1.165, 1.54) is 0 Å². The van der Waals surface area contributed by atoms with Gasteiger partial charge in [-0.1, -0.05) is 6.07 Å². The highest BCUT2D eigenvalue weighted by molar-refractivity contribution is 6.60. The topological polar surface area (TPSA) is 0 Å². The van der Waals surface area contributed by atoms with Crippen LogP contribution in [-0.2, 0) is 0 Å². The minimum atomic E-state index is -3.10. The first-order valence-electron chi connectivity index (χ1n) is 2.85. The lowest BCUT2D eigenvalue weighted by molar-refractivity contribution is 0.583. The fourth-order valence-corrected chi connectivity index (χ4v) is 0.719. The Morgan fingerprint density at radius 3 is 1.73 bits per heavy atom. The molecular formula is C6H3BF4. The van der Waals surface area contributed by atoms with Gasteiger partial charge in [0.05, 0.1) is 5.46 Å². The molecule has 0 heterocycles. The molecule has 0 N–H and O–H groups in total. The molecule has 0 nitrogen and oxygen atoms in total. The Labute approximate surface area is 61.0 Å². The van der Waals surface area contributed by atoms with Gasteiger partial charge in [0.2, 0.25) is 0 Å². The summed E-state index contributed by atoms with van der Waals surface area (Å²) in [6.07, 6.45) is 0. The number of halogens is 4. The third-order valence-corrected chi connectivity index (χ3v) is 1.22. The number of rotatable bonds is 1. The molecule has 0 aromatic heterocycles. The molecular weight excluding hydrogens is 159 g/mol. The predicted molar refractivity (Wildman–Crippen MR) is 34.0 cm³/mol. The van der Waals surface area contributed by atoms with Gasteiger partial charge in [-0.25, -0.2) is 8.78 Å². The molecule has 0 aliphatic heterocycles. The van der Waals surface area contributed by atoms with Crippen LogP contribution in [0.4, 0.5) is 17.4 Å². The molecule has 0 aliphatic rings. The normalized spacial score (nSPS) is 9.82. The molecule has 0 saturated heterocycles. The summed E-state index contributed by atoms with van der Waals surface area (Å²) < 4.78 is 48.4. The second kappa shape index (κ2) is 2.94. The quantitative estimate of drug-likeness (QED) is 0.434. The van der Waals surface area contributed by atoms with Gasteiger partial charge in [0.1, 0.15) is 11.6 Å². The smallest absolute Gasteiger partial charge is 0.281 e. The summed E-state index contributed by atoms with van der Waals surface area (Å²) in [5, 5.41) is 0. The molecule has 0 amide bonds. The second-order valence-corrected chi connectivity index (χ2v) is 1.94. The standard InChI is InChI=1S/C6H3BF4/c8-4-2-1-3-5(9)6(4)7(10)11/h1-3H. The van der Waals surface area contributed by atoms with Gasteiger partial charge in [-0.3, -0.25) is 8.63 Å². The molecule has 0 unspecified atom stereocenters. The second-order valence-electron chi connectivity index (χ2n) is 1.94. The molecule has 11 heavy (non-hydrogen) atoms. The zero-order chi connectivity index (χ0) is 8.43. The van der Waals surface area contributed by atoms with Gasteiger partial charge in [-0.15, -0.1) is 0 Å². The average molecular weight is 162 g/mol. The van der Waals surface area contributed by atoms with E-state index in [-0.39, 0.29) is 0 Å². The van der Waals surface area contributed by atoms with Crippen LogP contribution in [0.15, 0.2) is 18.2 Å². The van der Waals surface area contributed by atoms with Crippen LogP contribution in [0.25, 0.3) is 0 Å². The molecule has 0 radical (unpaired) electrons. The highest BCUT2D eigenvalue weighted by Gasteiger charge is 2.24. The lowest BCUT2D eigenvalue weighted by Gasteiger charge is -1.98. The number of hydrogen-bond donors (Lipinski definition) is 0. The van der Waals surface area contributed by atoms with Gasteiger partial charge in [0.15, 0.2) is 0 Å². The van der Waals surface area contributed by atoms with E-state index in [2.05, 4.69) is 0 Å². The van der Waals surface area contributed by atoms with E-state index in [1.54, 1.807) is 0 Å². The summed E-state index contributed by atoms with van der Waals surface area (Å²) in [7, 11) is -3.10. The van der Waals surface area contributed by atoms with Crippen molar-refractivity contribution < 1.29 is 17.4 Å². The zero-order valence-corrected chi connectivity index (χ0v) is 5.32. The minimum absolute atomic E-state index is 0.796. The van der Waals surface area contributed by atoms with E-state index in [4.69, 9.17) is 0 Å². The van der Waals surface area contributed by atoms with Gasteiger partial charge >= 0.3 is 7.27 Å². The summed E-state index contributed by atoms with van der Waals surface area (Å²) in [6, 6.07) is 2.63. The highest BCUT2D eigenvalue weighted by Crippen LogP contribution is 2.02. The fraction of sp³-hybridized carbons (Fsp3) is 0. The molecule has 58 valence electrons. The maximum Gasteiger partial charge on any atom is 0.577 e. The van der Waals surface area contributed by atoms with Crippen LogP contribution in [-0.4, -0.2) is 7.27 Å². The SMILES string of the molecule is FB(F)c1c(F)cccc1F. The summed E-state index contributed by atoms with van der Waals surface area (Å²) in [4.78, 5) is 0. The summed E-state index contributed by atoms with van der Waals surface area (Å²) in [6.45, 7) is 0. The first-order valence-corrected chi connectivity index (χ1v) is 2.85. The largest absolute Gasteiger partial charge is 0.577 e.